The number of esters is 1. The van der Waals surface area contributed by atoms with Crippen LogP contribution in [0.5, 0.6) is 0 Å². The molecule has 0 saturated heterocycles. The van der Waals surface area contributed by atoms with Crippen molar-refractivity contribution in [3.63, 3.8) is 0 Å². The summed E-state index contributed by atoms with van der Waals surface area (Å²) in [6, 6.07) is 19.0. The third-order valence-electron chi connectivity index (χ3n) is 11.3. The number of methoxy groups -OCH3 is 1. The van der Waals surface area contributed by atoms with Crippen molar-refractivity contribution < 1.29 is 19.4 Å². The number of nitrogens with zero attached hydrogens (tertiary/aromatic N) is 2. The van der Waals surface area contributed by atoms with E-state index in [2.05, 4.69) is 9.97 Å². The fourth-order valence-electron chi connectivity index (χ4n) is 8.17. The predicted molar refractivity (Wildman–Crippen MR) is 288 cm³/mol. The Hall–Kier alpha value is -4.10. The number of nitrogens with one attached hydrogen (secondary N) is 2. The van der Waals surface area contributed by atoms with E-state index in [-0.39, 0.29) is 150 Å². The van der Waals surface area contributed by atoms with Gasteiger partial charge in [0.15, 0.2) is 0 Å². The van der Waals surface area contributed by atoms with Gasteiger partial charge in [-0.3, -0.25) is 0 Å². The monoisotopic (exact) mass is 1150 g/mol. The van der Waals surface area contributed by atoms with Crippen LogP contribution in [0.4, 0.5) is 0 Å². The molecular weight excluding hydrogens is 1130 g/mol. The van der Waals surface area contributed by atoms with E-state index in [1.807, 2.05) is 13.8 Å². The number of fused-ring (bicyclic) bond motifs is 8. The molecule has 0 fully saturated rings. The minimum Gasteiger partial charge on any atom is -0.478 e. The van der Waals surface area contributed by atoms with Crippen molar-refractivity contribution in [2.24, 2.45) is 0 Å². The van der Waals surface area contributed by atoms with Crippen LogP contribution in [0.2, 0.25) is 40.2 Å². The van der Waals surface area contributed by atoms with Crippen molar-refractivity contribution in [2.75, 3.05) is 7.11 Å². The lowest BCUT2D eigenvalue weighted by atomic mass is 10.0. The van der Waals surface area contributed by atoms with Gasteiger partial charge in [-0.2, -0.15) is 0 Å². The SMILES string of the molecule is COC(=O)c1ccc(-c2c3nc(c(-c4c(Cl)cc(C)cc4Cl)c4[nH]c(c(Cl)c4Cl)c(-c4ccc(C(=O)O)cc4)c4nc(c(-c5c(Cl)cc(C)cc5Cl)c5[nH]c2c(Cl)c5Cl)C(Cl)=C4Cl)C(Cl)=C3Cl)cc1. The van der Waals surface area contributed by atoms with Gasteiger partial charge in [-0.15, -0.1) is 0 Å². The first-order valence-corrected chi connectivity index (χ1v) is 24.4. The number of carboxylic acids is 1. The van der Waals surface area contributed by atoms with Gasteiger partial charge in [0.2, 0.25) is 0 Å². The number of halogens is 12. The van der Waals surface area contributed by atoms with Gasteiger partial charge in [0.05, 0.1) is 123 Å². The average Bonchev–Trinajstić information content (AvgIpc) is 3.97. The number of aromatic carboxylic acids is 1. The van der Waals surface area contributed by atoms with E-state index in [1.54, 1.807) is 60.7 Å². The maximum Gasteiger partial charge on any atom is 0.337 e. The van der Waals surface area contributed by atoms with Gasteiger partial charge in [-0.05, 0) is 84.6 Å². The van der Waals surface area contributed by atoms with E-state index < -0.39 is 11.9 Å². The van der Waals surface area contributed by atoms with E-state index in [0.717, 1.165) is 11.1 Å². The maximum atomic E-state index is 12.7. The van der Waals surface area contributed by atoms with Crippen LogP contribution in [0.3, 0.4) is 0 Å². The molecule has 20 heteroatoms. The first-order chi connectivity index (χ1) is 32.7. The van der Waals surface area contributed by atoms with Gasteiger partial charge >= 0.3 is 11.9 Å². The van der Waals surface area contributed by atoms with Crippen LogP contribution in [0.15, 0.2) is 72.8 Å². The number of carbonyl (C=O) groups excluding carboxylic acids is 1. The van der Waals surface area contributed by atoms with Crippen molar-refractivity contribution in [1.82, 2.24) is 19.9 Å². The van der Waals surface area contributed by atoms with Crippen molar-refractivity contribution in [3.05, 3.63) is 158 Å². The van der Waals surface area contributed by atoms with Crippen molar-refractivity contribution >= 4 is 193 Å². The molecule has 7 aromatic rings. The molecule has 3 N–H and O–H groups in total. The number of carbonyl (C=O) groups is 2. The molecule has 8 bridgehead atoms. The number of aromatic nitrogens is 4. The molecule has 2 aliphatic heterocycles. The molecule has 348 valence electrons. The highest BCUT2D eigenvalue weighted by molar-refractivity contribution is 6.67. The topological polar surface area (TPSA) is 121 Å². The molecule has 3 aromatic heterocycles. The molecule has 2 aliphatic rings. The molecule has 69 heavy (non-hydrogen) atoms. The second-order valence-electron chi connectivity index (χ2n) is 15.5. The molecule has 0 amide bonds. The van der Waals surface area contributed by atoms with E-state index in [9.17, 15) is 14.7 Å². The lowest BCUT2D eigenvalue weighted by Crippen LogP contribution is -2.00. The second kappa shape index (κ2) is 19.1. The Morgan fingerprint density at radius 3 is 1.04 bits per heavy atom. The Bertz CT molecular complexity index is 3590. The molecule has 0 saturated carbocycles. The number of hydrogen-bond donors (Lipinski definition) is 3. The third-order valence-corrected chi connectivity index (χ3v) is 15.8. The normalized spacial score (nSPS) is 12.6. The Balaban J connectivity index is 1.63. The number of H-pyrrole nitrogens is 2. The van der Waals surface area contributed by atoms with Gasteiger partial charge in [-0.25, -0.2) is 19.6 Å². The number of benzene rings is 4. The molecule has 8 nitrogen and oxygen atoms in total. The summed E-state index contributed by atoms with van der Waals surface area (Å²) in [6.07, 6.45) is 0. The Labute approximate surface area is 452 Å². The largest absolute Gasteiger partial charge is 0.478 e. The van der Waals surface area contributed by atoms with Gasteiger partial charge in [0.1, 0.15) is 0 Å². The molecule has 9 rings (SSSR count). The Morgan fingerprint density at radius 2 is 0.739 bits per heavy atom. The summed E-state index contributed by atoms with van der Waals surface area (Å²) in [7, 11) is 1.27. The average molecular weight is 1160 g/mol. The van der Waals surface area contributed by atoms with Crippen LogP contribution >= 0.6 is 139 Å². The minimum atomic E-state index is -1.17. The van der Waals surface area contributed by atoms with Crippen molar-refractivity contribution in [3.8, 4) is 44.5 Å². The predicted octanol–water partition coefficient (Wildman–Crippen LogP) is 18.9. The van der Waals surface area contributed by atoms with Crippen LogP contribution in [-0.2, 0) is 4.74 Å². The summed E-state index contributed by atoms with van der Waals surface area (Å²) in [6.45, 7) is 3.63. The van der Waals surface area contributed by atoms with Crippen molar-refractivity contribution in [1.29, 1.82) is 0 Å². The molecular formula is C49H24Cl12N4O4. The Kier molecular flexibility index (Phi) is 13.8. The third kappa shape index (κ3) is 8.48. The number of aromatic amines is 2. The number of rotatable bonds is 6. The van der Waals surface area contributed by atoms with E-state index >= 15 is 0 Å². The molecule has 0 spiro atoms. The number of hydrogen-bond acceptors (Lipinski definition) is 5. The number of aryl methyl sites for hydroxylation is 2. The van der Waals surface area contributed by atoms with E-state index in [0.29, 0.717) is 11.1 Å². The van der Waals surface area contributed by atoms with Gasteiger partial charge in [-0.1, -0.05) is 163 Å². The lowest BCUT2D eigenvalue weighted by molar-refractivity contribution is 0.0599. The summed E-state index contributed by atoms with van der Waals surface area (Å²) < 4.78 is 4.97. The molecule has 5 heterocycles. The molecule has 0 radical (unpaired) electrons. The second-order valence-corrected chi connectivity index (χ2v) is 20.2. The lowest BCUT2D eigenvalue weighted by Gasteiger charge is -2.12. The fourth-order valence-corrected chi connectivity index (χ4v) is 11.6. The standard InChI is InChI=1S/C49H24Cl12N4O4/c1-16-12-22(50)28(23(51)13-16)30-44-36(58)32(54)40(62-44)26(18-4-8-20(9-5-18)48(66)67)41-33(55)37(59)45(63-41)31(29-24(52)14-17(2)15-25(29)53)47-39(61)35(57)43(65-47)27(42-34(56)38(60)46(30)64-42)19-6-10-21(11-7-19)49(68)69-3/h4-15,62,65H,1-3H3,(H,66,67). The summed E-state index contributed by atoms with van der Waals surface area (Å²) in [5, 5.41) is 10.1. The fraction of sp³-hybridized carbons (Fsp3) is 0.0612. The Morgan fingerprint density at radius 1 is 0.449 bits per heavy atom. The molecule has 0 atom stereocenters. The summed E-state index contributed by atoms with van der Waals surface area (Å²) in [5.74, 6) is -1.76. The van der Waals surface area contributed by atoms with Gasteiger partial charge < -0.3 is 19.8 Å². The van der Waals surface area contributed by atoms with Crippen molar-refractivity contribution in [2.45, 2.75) is 13.8 Å². The van der Waals surface area contributed by atoms with Crippen LogP contribution in [0.25, 0.3) is 86.7 Å². The smallest absolute Gasteiger partial charge is 0.337 e. The molecule has 4 aromatic carbocycles. The summed E-state index contributed by atoms with van der Waals surface area (Å²) >= 11 is 87.1. The zero-order chi connectivity index (χ0) is 49.7. The van der Waals surface area contributed by atoms with Crippen LogP contribution in [0, 0.1) is 13.8 Å². The summed E-state index contributed by atoms with van der Waals surface area (Å²) in [4.78, 5) is 41.8. The zero-order valence-electron chi connectivity index (χ0n) is 35.0. The number of ether oxygens (including phenoxy) is 1. The summed E-state index contributed by atoms with van der Waals surface area (Å²) in [5.41, 5.74) is 4.41. The minimum absolute atomic E-state index is 0.0167. The zero-order valence-corrected chi connectivity index (χ0v) is 44.1. The highest BCUT2D eigenvalue weighted by atomic mass is 35.5. The maximum absolute atomic E-state index is 12.7. The molecule has 0 unspecified atom stereocenters. The van der Waals surface area contributed by atoms with Crippen LogP contribution < -0.4 is 0 Å². The first-order valence-electron chi connectivity index (χ1n) is 19.9. The molecule has 0 aliphatic carbocycles. The first kappa shape index (κ1) is 49.9. The van der Waals surface area contributed by atoms with Gasteiger partial charge in [0, 0.05) is 33.4 Å². The van der Waals surface area contributed by atoms with Gasteiger partial charge in [0.25, 0.3) is 0 Å². The highest BCUT2D eigenvalue weighted by Gasteiger charge is 2.33. The van der Waals surface area contributed by atoms with Crippen LogP contribution in [0.1, 0.15) is 54.6 Å². The quantitative estimate of drug-likeness (QED) is 0.143. The highest BCUT2D eigenvalue weighted by Crippen LogP contribution is 2.54. The van der Waals surface area contributed by atoms with E-state index in [1.165, 1.54) is 19.2 Å². The van der Waals surface area contributed by atoms with Crippen LogP contribution in [-0.4, -0.2) is 44.1 Å². The number of carboxylic acid groups (broad SMARTS) is 1. The van der Waals surface area contributed by atoms with E-state index in [4.69, 9.17) is 154 Å².